The van der Waals surface area contributed by atoms with E-state index in [1.165, 1.54) is 0 Å². The maximum atomic E-state index is 9.82. The van der Waals surface area contributed by atoms with Gasteiger partial charge in [-0.3, -0.25) is 0 Å². The van der Waals surface area contributed by atoms with Gasteiger partial charge in [0.05, 0.1) is 11.8 Å². The first-order chi connectivity index (χ1) is 12.2. The Balaban J connectivity index is 1.77. The molecule has 0 amide bonds. The summed E-state index contributed by atoms with van der Waals surface area (Å²) in [5.74, 6) is 0.707. The molecule has 0 radical (unpaired) electrons. The summed E-state index contributed by atoms with van der Waals surface area (Å²) in [5, 5.41) is 14.1. The molecule has 1 atom stereocenters. The molecule has 1 aromatic heterocycles. The number of aliphatic hydroxyl groups is 1. The summed E-state index contributed by atoms with van der Waals surface area (Å²) in [5.41, 5.74) is 1.97. The van der Waals surface area contributed by atoms with Crippen molar-refractivity contribution < 1.29 is 5.11 Å². The topological polar surface area (TPSA) is 61.3 Å². The van der Waals surface area contributed by atoms with Gasteiger partial charge in [0.15, 0.2) is 0 Å². The number of hydrogen-bond acceptors (Lipinski definition) is 5. The standard InChI is InChI=1S/C19H23ClN4O/c20-16-4-2-1-3-15(16)19(7-10-21-11-8-19)17-5-9-22-18(23-17)24-12-6-14(25)13-24/h1-5,9,14,21,25H,6-8,10-13H2/t14-/m0/s1. The third-order valence-electron chi connectivity index (χ3n) is 5.43. The maximum Gasteiger partial charge on any atom is 0.225 e. The third-order valence-corrected chi connectivity index (χ3v) is 5.76. The molecule has 132 valence electrons. The largest absolute Gasteiger partial charge is 0.391 e. The number of halogens is 1. The number of nitrogens with one attached hydrogen (secondary N) is 1. The average molecular weight is 359 g/mol. The first kappa shape index (κ1) is 16.8. The number of nitrogens with zero attached hydrogens (tertiary/aromatic N) is 3. The Labute approximate surface area is 153 Å². The van der Waals surface area contributed by atoms with E-state index < -0.39 is 0 Å². The Morgan fingerprint density at radius 1 is 1.20 bits per heavy atom. The Hall–Kier alpha value is -1.69. The van der Waals surface area contributed by atoms with Crippen molar-refractivity contribution in [3.05, 3.63) is 52.8 Å². The van der Waals surface area contributed by atoms with Crippen molar-refractivity contribution in [2.75, 3.05) is 31.1 Å². The lowest BCUT2D eigenvalue weighted by molar-refractivity contribution is 0.198. The van der Waals surface area contributed by atoms with Gasteiger partial charge in [0, 0.05) is 29.7 Å². The predicted molar refractivity (Wildman–Crippen MR) is 99.2 cm³/mol. The summed E-state index contributed by atoms with van der Waals surface area (Å²) in [7, 11) is 0. The lowest BCUT2D eigenvalue weighted by Crippen LogP contribution is -2.41. The molecule has 3 heterocycles. The van der Waals surface area contributed by atoms with E-state index in [2.05, 4.69) is 21.3 Å². The van der Waals surface area contributed by atoms with Gasteiger partial charge in [0.2, 0.25) is 5.95 Å². The molecule has 0 spiro atoms. The molecule has 2 aromatic rings. The van der Waals surface area contributed by atoms with Gasteiger partial charge < -0.3 is 15.3 Å². The fraction of sp³-hybridized carbons (Fsp3) is 0.474. The molecule has 1 aromatic carbocycles. The van der Waals surface area contributed by atoms with E-state index in [0.29, 0.717) is 12.5 Å². The molecule has 0 bridgehead atoms. The molecule has 5 nitrogen and oxygen atoms in total. The smallest absolute Gasteiger partial charge is 0.225 e. The average Bonchev–Trinajstić information content (AvgIpc) is 3.09. The van der Waals surface area contributed by atoms with Crippen LogP contribution in [0, 0.1) is 0 Å². The monoisotopic (exact) mass is 358 g/mol. The van der Waals surface area contributed by atoms with Crippen LogP contribution in [0.4, 0.5) is 5.95 Å². The number of β-amino-alcohol motifs (C(OH)–C–C–N with tert-alkyl or cyclic N) is 1. The second-order valence-electron chi connectivity index (χ2n) is 6.94. The Morgan fingerprint density at radius 2 is 2.00 bits per heavy atom. The van der Waals surface area contributed by atoms with Crippen LogP contribution in [-0.2, 0) is 5.41 Å². The van der Waals surface area contributed by atoms with Crippen LogP contribution in [-0.4, -0.2) is 47.4 Å². The molecule has 4 rings (SSSR count). The van der Waals surface area contributed by atoms with Gasteiger partial charge in [-0.15, -0.1) is 0 Å². The molecular weight excluding hydrogens is 336 g/mol. The van der Waals surface area contributed by atoms with Gasteiger partial charge >= 0.3 is 0 Å². The molecular formula is C19H23ClN4O. The Bertz CT molecular complexity index is 748. The molecule has 0 aliphatic carbocycles. The normalized spacial score (nSPS) is 23.0. The van der Waals surface area contributed by atoms with Gasteiger partial charge in [-0.25, -0.2) is 9.97 Å². The SMILES string of the molecule is O[C@H]1CCN(c2nccc(C3(c4ccccc4Cl)CCNCC3)n2)C1. The van der Waals surface area contributed by atoms with Gasteiger partial charge in [-0.1, -0.05) is 29.8 Å². The van der Waals surface area contributed by atoms with Crippen LogP contribution in [0.25, 0.3) is 0 Å². The highest BCUT2D eigenvalue weighted by Gasteiger charge is 2.39. The lowest BCUT2D eigenvalue weighted by atomic mass is 9.70. The number of aliphatic hydroxyl groups excluding tert-OH is 1. The Morgan fingerprint density at radius 3 is 2.72 bits per heavy atom. The highest BCUT2D eigenvalue weighted by atomic mass is 35.5. The van der Waals surface area contributed by atoms with Crippen LogP contribution < -0.4 is 10.2 Å². The zero-order valence-electron chi connectivity index (χ0n) is 14.2. The lowest BCUT2D eigenvalue weighted by Gasteiger charge is -2.38. The second kappa shape index (κ2) is 6.90. The number of benzene rings is 1. The molecule has 0 unspecified atom stereocenters. The van der Waals surface area contributed by atoms with Crippen LogP contribution in [0.15, 0.2) is 36.5 Å². The molecule has 2 aliphatic heterocycles. The number of hydrogen-bond donors (Lipinski definition) is 2. The minimum absolute atomic E-state index is 0.195. The molecule has 25 heavy (non-hydrogen) atoms. The van der Waals surface area contributed by atoms with Crippen LogP contribution in [0.2, 0.25) is 5.02 Å². The summed E-state index contributed by atoms with van der Waals surface area (Å²) >= 11 is 6.58. The summed E-state index contributed by atoms with van der Waals surface area (Å²) in [6, 6.07) is 10.1. The fourth-order valence-corrected chi connectivity index (χ4v) is 4.37. The fourth-order valence-electron chi connectivity index (χ4n) is 4.06. The predicted octanol–water partition coefficient (Wildman–Crippen LogP) is 2.37. The Kier molecular flexibility index (Phi) is 4.63. The third kappa shape index (κ3) is 3.12. The minimum Gasteiger partial charge on any atom is -0.391 e. The van der Waals surface area contributed by atoms with Crippen molar-refractivity contribution in [1.82, 2.24) is 15.3 Å². The van der Waals surface area contributed by atoms with E-state index in [4.69, 9.17) is 16.6 Å². The highest BCUT2D eigenvalue weighted by molar-refractivity contribution is 6.31. The van der Waals surface area contributed by atoms with Crippen molar-refractivity contribution in [2.24, 2.45) is 0 Å². The van der Waals surface area contributed by atoms with Crippen molar-refractivity contribution in [2.45, 2.75) is 30.8 Å². The van der Waals surface area contributed by atoms with Crippen molar-refractivity contribution in [3.8, 4) is 0 Å². The number of rotatable bonds is 3. The number of aromatic nitrogens is 2. The number of piperidine rings is 1. The first-order valence-corrected chi connectivity index (χ1v) is 9.29. The molecule has 2 saturated heterocycles. The zero-order valence-corrected chi connectivity index (χ0v) is 14.9. The minimum atomic E-state index is -0.288. The van der Waals surface area contributed by atoms with Crippen LogP contribution >= 0.6 is 11.6 Å². The van der Waals surface area contributed by atoms with Crippen molar-refractivity contribution >= 4 is 17.5 Å². The van der Waals surface area contributed by atoms with Gasteiger partial charge in [-0.05, 0) is 50.0 Å². The molecule has 0 saturated carbocycles. The van der Waals surface area contributed by atoms with Crippen LogP contribution in [0.1, 0.15) is 30.5 Å². The summed E-state index contributed by atoms with van der Waals surface area (Å²) in [6.45, 7) is 3.27. The zero-order chi connectivity index (χ0) is 17.3. The van der Waals surface area contributed by atoms with Crippen LogP contribution in [0.3, 0.4) is 0 Å². The molecule has 2 N–H and O–H groups in total. The van der Waals surface area contributed by atoms with Crippen LogP contribution in [0.5, 0.6) is 0 Å². The van der Waals surface area contributed by atoms with Crippen molar-refractivity contribution in [3.63, 3.8) is 0 Å². The maximum absolute atomic E-state index is 9.82. The summed E-state index contributed by atoms with van der Waals surface area (Å²) in [6.07, 6.45) is 4.23. The molecule has 2 fully saturated rings. The summed E-state index contributed by atoms with van der Waals surface area (Å²) in [4.78, 5) is 11.4. The van der Waals surface area contributed by atoms with E-state index in [9.17, 15) is 5.11 Å². The number of anilines is 1. The van der Waals surface area contributed by atoms with E-state index >= 15 is 0 Å². The van der Waals surface area contributed by atoms with Gasteiger partial charge in [0.25, 0.3) is 0 Å². The molecule has 6 heteroatoms. The second-order valence-corrected chi connectivity index (χ2v) is 7.35. The quantitative estimate of drug-likeness (QED) is 0.882. The molecule has 2 aliphatic rings. The van der Waals surface area contributed by atoms with Gasteiger partial charge in [-0.2, -0.15) is 0 Å². The summed E-state index contributed by atoms with van der Waals surface area (Å²) < 4.78 is 0. The van der Waals surface area contributed by atoms with E-state index in [0.717, 1.165) is 55.2 Å². The van der Waals surface area contributed by atoms with E-state index in [1.54, 1.807) is 0 Å². The van der Waals surface area contributed by atoms with E-state index in [1.807, 2.05) is 30.5 Å². The first-order valence-electron chi connectivity index (χ1n) is 8.91. The van der Waals surface area contributed by atoms with Gasteiger partial charge in [0.1, 0.15) is 0 Å². The van der Waals surface area contributed by atoms with E-state index in [-0.39, 0.29) is 11.5 Å². The highest BCUT2D eigenvalue weighted by Crippen LogP contribution is 2.42. The van der Waals surface area contributed by atoms with Crippen molar-refractivity contribution in [1.29, 1.82) is 0 Å².